The van der Waals surface area contributed by atoms with Gasteiger partial charge >= 0.3 is 0 Å². The van der Waals surface area contributed by atoms with Gasteiger partial charge in [0.2, 0.25) is 11.8 Å². The Morgan fingerprint density at radius 3 is 2.47 bits per heavy atom. The van der Waals surface area contributed by atoms with Crippen LogP contribution in [0.5, 0.6) is 0 Å². The molecule has 1 aromatic carbocycles. The molecule has 0 spiro atoms. The second-order valence-corrected chi connectivity index (χ2v) is 8.76. The van der Waals surface area contributed by atoms with Gasteiger partial charge in [0.25, 0.3) is 0 Å². The van der Waals surface area contributed by atoms with Crippen molar-refractivity contribution < 1.29 is 19.2 Å². The van der Waals surface area contributed by atoms with Crippen LogP contribution < -0.4 is 10.6 Å². The van der Waals surface area contributed by atoms with Gasteiger partial charge < -0.3 is 15.5 Å². The Morgan fingerprint density at radius 1 is 1.09 bits per heavy atom. The lowest BCUT2D eigenvalue weighted by Gasteiger charge is -2.29. The van der Waals surface area contributed by atoms with Crippen molar-refractivity contribution in [3.8, 4) is 0 Å². The number of anilines is 1. The number of ketones is 2. The maximum absolute atomic E-state index is 13.0. The van der Waals surface area contributed by atoms with Gasteiger partial charge in [-0.3, -0.25) is 19.2 Å². The molecular formula is C25H37N3O4. The summed E-state index contributed by atoms with van der Waals surface area (Å²) < 4.78 is 0. The van der Waals surface area contributed by atoms with Crippen LogP contribution in [0.15, 0.2) is 24.3 Å². The zero-order valence-corrected chi connectivity index (χ0v) is 19.6. The maximum Gasteiger partial charge on any atom is 0.246 e. The first-order chi connectivity index (χ1) is 15.3. The zero-order valence-electron chi connectivity index (χ0n) is 19.6. The fourth-order valence-corrected chi connectivity index (χ4v) is 3.90. The van der Waals surface area contributed by atoms with Crippen molar-refractivity contribution in [2.75, 3.05) is 25.5 Å². The monoisotopic (exact) mass is 443 g/mol. The van der Waals surface area contributed by atoms with E-state index in [4.69, 9.17) is 0 Å². The number of likely N-dealkylation sites (tertiary alicyclic amines) is 1. The number of unbranched alkanes of at least 4 members (excludes halogenated alkanes) is 2. The van der Waals surface area contributed by atoms with Crippen LogP contribution in [-0.4, -0.2) is 54.5 Å². The summed E-state index contributed by atoms with van der Waals surface area (Å²) in [4.78, 5) is 51.2. The normalized spacial score (nSPS) is 15.7. The molecule has 2 N–H and O–H groups in total. The molecule has 0 unspecified atom stereocenters. The number of hydrogen-bond donors (Lipinski definition) is 2. The van der Waals surface area contributed by atoms with Crippen LogP contribution in [-0.2, 0) is 14.4 Å². The Balaban J connectivity index is 1.98. The number of amides is 2. The topological polar surface area (TPSA) is 95.6 Å². The first-order valence-corrected chi connectivity index (χ1v) is 11.7. The minimum atomic E-state index is -0.648. The molecule has 0 aliphatic carbocycles. The van der Waals surface area contributed by atoms with Crippen LogP contribution in [0.1, 0.15) is 75.6 Å². The molecule has 1 atom stereocenters. The molecule has 1 heterocycles. The summed E-state index contributed by atoms with van der Waals surface area (Å²) in [6.07, 6.45) is 5.58. The fourth-order valence-electron chi connectivity index (χ4n) is 3.90. The van der Waals surface area contributed by atoms with E-state index in [1.165, 1.54) is 6.92 Å². The zero-order chi connectivity index (χ0) is 23.5. The average molecular weight is 444 g/mol. The molecule has 1 aliphatic rings. The SMILES string of the molecule is CCC(=O)CCCCC[C@H](NC(=O)C1CCN(C)CC1)C(=O)Nc1cccc(C(C)=O)c1. The van der Waals surface area contributed by atoms with Crippen molar-refractivity contribution in [1.29, 1.82) is 0 Å². The van der Waals surface area contributed by atoms with Gasteiger partial charge in [0.1, 0.15) is 11.8 Å². The highest BCUT2D eigenvalue weighted by atomic mass is 16.2. The predicted molar refractivity (Wildman–Crippen MR) is 126 cm³/mol. The number of benzene rings is 1. The standard InChI is InChI=1S/C25H37N3O4/c1-4-22(30)11-6-5-7-12-23(27-24(31)19-13-15-28(3)16-14-19)25(32)26-21-10-8-9-20(17-21)18(2)29/h8-10,17,19,23H,4-7,11-16H2,1-3H3,(H,26,32)(H,27,31)/t23-/m0/s1. The van der Waals surface area contributed by atoms with Crippen molar-refractivity contribution in [3.05, 3.63) is 29.8 Å². The number of nitrogens with zero attached hydrogens (tertiary/aromatic N) is 1. The fraction of sp³-hybridized carbons (Fsp3) is 0.600. The van der Waals surface area contributed by atoms with Crippen molar-refractivity contribution in [2.45, 2.75) is 71.3 Å². The Labute approximate surface area is 191 Å². The summed E-state index contributed by atoms with van der Waals surface area (Å²) in [6, 6.07) is 6.16. The Bertz CT molecular complexity index is 800. The summed E-state index contributed by atoms with van der Waals surface area (Å²) in [6.45, 7) is 5.09. The van der Waals surface area contributed by atoms with Gasteiger partial charge in [-0.05, 0) is 64.9 Å². The van der Waals surface area contributed by atoms with Crippen LogP contribution in [0.3, 0.4) is 0 Å². The van der Waals surface area contributed by atoms with E-state index in [1.807, 2.05) is 14.0 Å². The summed E-state index contributed by atoms with van der Waals surface area (Å²) in [5.74, 6) is -0.256. The van der Waals surface area contributed by atoms with E-state index >= 15 is 0 Å². The van der Waals surface area contributed by atoms with E-state index in [0.29, 0.717) is 30.5 Å². The second kappa shape index (κ2) is 13.1. The van der Waals surface area contributed by atoms with Crippen molar-refractivity contribution in [1.82, 2.24) is 10.2 Å². The molecule has 7 nitrogen and oxygen atoms in total. The van der Waals surface area contributed by atoms with E-state index in [0.717, 1.165) is 45.2 Å². The van der Waals surface area contributed by atoms with Crippen molar-refractivity contribution >= 4 is 29.1 Å². The third-order valence-electron chi connectivity index (χ3n) is 6.10. The lowest BCUT2D eigenvalue weighted by molar-refractivity contribution is -0.130. The Hall–Kier alpha value is -2.54. The molecule has 1 aliphatic heterocycles. The number of nitrogens with one attached hydrogen (secondary N) is 2. The van der Waals surface area contributed by atoms with E-state index < -0.39 is 6.04 Å². The third-order valence-corrected chi connectivity index (χ3v) is 6.10. The minimum Gasteiger partial charge on any atom is -0.344 e. The van der Waals surface area contributed by atoms with Gasteiger partial charge in [-0.15, -0.1) is 0 Å². The molecule has 7 heteroatoms. The molecule has 1 saturated heterocycles. The number of hydrogen-bond acceptors (Lipinski definition) is 5. The maximum atomic E-state index is 13.0. The van der Waals surface area contributed by atoms with Crippen molar-refractivity contribution in [3.63, 3.8) is 0 Å². The highest BCUT2D eigenvalue weighted by Gasteiger charge is 2.27. The van der Waals surface area contributed by atoms with Gasteiger partial charge in [0.15, 0.2) is 5.78 Å². The highest BCUT2D eigenvalue weighted by Crippen LogP contribution is 2.18. The number of rotatable bonds is 12. The first-order valence-electron chi connectivity index (χ1n) is 11.7. The molecule has 0 radical (unpaired) electrons. The van der Waals surface area contributed by atoms with E-state index in [9.17, 15) is 19.2 Å². The molecular weight excluding hydrogens is 406 g/mol. The molecule has 2 amide bonds. The lowest BCUT2D eigenvalue weighted by atomic mass is 9.95. The first kappa shape index (κ1) is 25.7. The summed E-state index contributed by atoms with van der Waals surface area (Å²) >= 11 is 0. The number of Topliss-reactive ketones (excluding diaryl/α,β-unsaturated/α-hetero) is 2. The van der Waals surface area contributed by atoms with Crippen LogP contribution in [0.25, 0.3) is 0 Å². The smallest absolute Gasteiger partial charge is 0.246 e. The molecule has 0 bridgehead atoms. The Morgan fingerprint density at radius 2 is 1.81 bits per heavy atom. The molecule has 32 heavy (non-hydrogen) atoms. The number of carbonyl (C=O) groups excluding carboxylic acids is 4. The number of piperidine rings is 1. The third kappa shape index (κ3) is 8.54. The molecule has 0 aromatic heterocycles. The molecule has 1 aromatic rings. The van der Waals surface area contributed by atoms with E-state index in [2.05, 4.69) is 15.5 Å². The highest BCUT2D eigenvalue weighted by molar-refractivity contribution is 5.99. The van der Waals surface area contributed by atoms with E-state index in [1.54, 1.807) is 24.3 Å². The molecule has 176 valence electrons. The van der Waals surface area contributed by atoms with Crippen LogP contribution in [0.4, 0.5) is 5.69 Å². The minimum absolute atomic E-state index is 0.0723. The van der Waals surface area contributed by atoms with Gasteiger partial charge in [0, 0.05) is 30.0 Å². The van der Waals surface area contributed by atoms with E-state index in [-0.39, 0.29) is 29.3 Å². The van der Waals surface area contributed by atoms with Gasteiger partial charge in [0.05, 0.1) is 0 Å². The number of carbonyl (C=O) groups is 4. The molecule has 2 rings (SSSR count). The van der Waals surface area contributed by atoms with Gasteiger partial charge in [-0.1, -0.05) is 31.9 Å². The summed E-state index contributed by atoms with van der Waals surface area (Å²) in [7, 11) is 2.04. The molecule has 0 saturated carbocycles. The largest absolute Gasteiger partial charge is 0.344 e. The van der Waals surface area contributed by atoms with Crippen LogP contribution in [0.2, 0.25) is 0 Å². The van der Waals surface area contributed by atoms with Gasteiger partial charge in [-0.2, -0.15) is 0 Å². The quantitative estimate of drug-likeness (QED) is 0.380. The summed E-state index contributed by atoms with van der Waals surface area (Å²) in [5, 5.41) is 5.82. The Kier molecular flexibility index (Phi) is 10.5. The summed E-state index contributed by atoms with van der Waals surface area (Å²) in [5.41, 5.74) is 1.06. The van der Waals surface area contributed by atoms with Crippen molar-refractivity contribution in [2.24, 2.45) is 5.92 Å². The van der Waals surface area contributed by atoms with Crippen LogP contribution in [0, 0.1) is 5.92 Å². The van der Waals surface area contributed by atoms with Gasteiger partial charge in [-0.25, -0.2) is 0 Å². The second-order valence-electron chi connectivity index (χ2n) is 8.76. The average Bonchev–Trinajstić information content (AvgIpc) is 2.78. The predicted octanol–water partition coefficient (Wildman–Crippen LogP) is 3.58. The van der Waals surface area contributed by atoms with Crippen LogP contribution >= 0.6 is 0 Å². The lowest BCUT2D eigenvalue weighted by Crippen LogP contribution is -2.48. The molecule has 1 fully saturated rings.